The van der Waals surface area contributed by atoms with Crippen LogP contribution >= 0.6 is 0 Å². The summed E-state index contributed by atoms with van der Waals surface area (Å²) in [6.45, 7) is 2.28. The molecule has 6 heteroatoms. The van der Waals surface area contributed by atoms with Crippen molar-refractivity contribution < 1.29 is 14.6 Å². The SMILES string of the molecule is COc1cc(C2NN=C3C4CCN(CC4)C32)cc(OC)c1O. The average Bonchev–Trinajstić information content (AvgIpc) is 3.03. The Morgan fingerprint density at radius 2 is 1.82 bits per heavy atom. The van der Waals surface area contributed by atoms with Gasteiger partial charge in [0, 0.05) is 5.92 Å². The molecule has 0 aromatic heterocycles. The number of hydrazone groups is 1. The Kier molecular flexibility index (Phi) is 3.14. The van der Waals surface area contributed by atoms with E-state index in [0.29, 0.717) is 23.5 Å². The maximum atomic E-state index is 10.1. The van der Waals surface area contributed by atoms with Gasteiger partial charge in [-0.1, -0.05) is 0 Å². The van der Waals surface area contributed by atoms with Gasteiger partial charge in [-0.25, -0.2) is 0 Å². The van der Waals surface area contributed by atoms with Gasteiger partial charge < -0.3 is 20.0 Å². The smallest absolute Gasteiger partial charge is 0.200 e. The van der Waals surface area contributed by atoms with Crippen molar-refractivity contribution in [1.29, 1.82) is 0 Å². The van der Waals surface area contributed by atoms with Crippen molar-refractivity contribution in [1.82, 2.24) is 10.3 Å². The number of benzene rings is 1. The van der Waals surface area contributed by atoms with Crippen LogP contribution in [0, 0.1) is 5.92 Å². The van der Waals surface area contributed by atoms with E-state index in [1.54, 1.807) is 14.2 Å². The molecule has 4 aliphatic heterocycles. The van der Waals surface area contributed by atoms with Crippen molar-refractivity contribution in [2.75, 3.05) is 27.3 Å². The largest absolute Gasteiger partial charge is 0.502 e. The molecule has 0 amide bonds. The molecule has 4 aliphatic rings. The number of fused-ring (bicyclic) bond motifs is 2. The van der Waals surface area contributed by atoms with Crippen LogP contribution in [0.1, 0.15) is 24.4 Å². The summed E-state index contributed by atoms with van der Waals surface area (Å²) in [5.74, 6) is 1.52. The lowest BCUT2D eigenvalue weighted by Crippen LogP contribution is -2.56. The van der Waals surface area contributed by atoms with E-state index in [1.165, 1.54) is 18.6 Å². The van der Waals surface area contributed by atoms with Gasteiger partial charge in [-0.3, -0.25) is 4.90 Å². The maximum Gasteiger partial charge on any atom is 0.200 e. The lowest BCUT2D eigenvalue weighted by atomic mass is 9.78. The van der Waals surface area contributed by atoms with E-state index in [4.69, 9.17) is 9.47 Å². The van der Waals surface area contributed by atoms with Crippen molar-refractivity contribution >= 4 is 5.71 Å². The molecule has 0 aliphatic carbocycles. The van der Waals surface area contributed by atoms with Crippen LogP contribution < -0.4 is 14.9 Å². The van der Waals surface area contributed by atoms with E-state index in [-0.39, 0.29) is 11.8 Å². The third-order valence-electron chi connectivity index (χ3n) is 5.15. The van der Waals surface area contributed by atoms with Crippen LogP contribution in [-0.4, -0.2) is 49.1 Å². The highest BCUT2D eigenvalue weighted by molar-refractivity contribution is 5.95. The van der Waals surface area contributed by atoms with Crippen LogP contribution in [0.3, 0.4) is 0 Å². The zero-order valence-corrected chi connectivity index (χ0v) is 12.9. The third-order valence-corrected chi connectivity index (χ3v) is 5.15. The van der Waals surface area contributed by atoms with Crippen LogP contribution in [0.2, 0.25) is 0 Å². The Labute approximate surface area is 129 Å². The summed E-state index contributed by atoms with van der Waals surface area (Å²) in [6, 6.07) is 4.14. The average molecular weight is 303 g/mol. The van der Waals surface area contributed by atoms with E-state index in [2.05, 4.69) is 15.4 Å². The number of phenols is 1. The van der Waals surface area contributed by atoms with Gasteiger partial charge in [0.15, 0.2) is 11.5 Å². The number of ether oxygens (including phenoxy) is 2. The van der Waals surface area contributed by atoms with E-state index < -0.39 is 0 Å². The number of phenolic OH excluding ortho intramolecular Hbond substituents is 1. The topological polar surface area (TPSA) is 66.3 Å². The number of rotatable bonds is 3. The van der Waals surface area contributed by atoms with Gasteiger partial charge in [-0.15, -0.1) is 0 Å². The normalized spacial score (nSPS) is 32.2. The Morgan fingerprint density at radius 3 is 2.41 bits per heavy atom. The summed E-state index contributed by atoms with van der Waals surface area (Å²) in [6.07, 6.45) is 2.43. The van der Waals surface area contributed by atoms with E-state index in [0.717, 1.165) is 18.7 Å². The van der Waals surface area contributed by atoms with E-state index in [9.17, 15) is 5.11 Å². The minimum atomic E-state index is 0.0401. The number of nitrogens with zero attached hydrogens (tertiary/aromatic N) is 2. The van der Waals surface area contributed by atoms with Gasteiger partial charge in [0.05, 0.1) is 32.0 Å². The maximum absolute atomic E-state index is 10.1. The Hall–Kier alpha value is -1.95. The van der Waals surface area contributed by atoms with Crippen molar-refractivity contribution in [3.8, 4) is 17.2 Å². The highest BCUT2D eigenvalue weighted by Gasteiger charge is 2.47. The number of aromatic hydroxyl groups is 1. The van der Waals surface area contributed by atoms with Crippen molar-refractivity contribution in [2.45, 2.75) is 24.9 Å². The number of methoxy groups -OCH3 is 2. The van der Waals surface area contributed by atoms with Crippen LogP contribution in [-0.2, 0) is 0 Å². The zero-order chi connectivity index (χ0) is 15.3. The molecule has 3 saturated heterocycles. The molecule has 0 spiro atoms. The summed E-state index contributed by atoms with van der Waals surface area (Å²) >= 11 is 0. The molecule has 5 rings (SSSR count). The molecular weight excluding hydrogens is 282 g/mol. The third kappa shape index (κ3) is 1.86. The minimum Gasteiger partial charge on any atom is -0.502 e. The van der Waals surface area contributed by atoms with Gasteiger partial charge in [-0.2, -0.15) is 5.10 Å². The fraction of sp³-hybridized carbons (Fsp3) is 0.562. The number of hydrogen-bond acceptors (Lipinski definition) is 6. The Balaban J connectivity index is 1.71. The van der Waals surface area contributed by atoms with Crippen molar-refractivity contribution in [2.24, 2.45) is 11.0 Å². The second kappa shape index (κ2) is 5.05. The van der Waals surface area contributed by atoms with Gasteiger partial charge >= 0.3 is 0 Å². The molecule has 1 aromatic rings. The molecular formula is C16H21N3O3. The highest BCUT2D eigenvalue weighted by Crippen LogP contribution is 2.43. The molecule has 0 saturated carbocycles. The van der Waals surface area contributed by atoms with Crippen molar-refractivity contribution in [3.63, 3.8) is 0 Å². The van der Waals surface area contributed by atoms with Crippen LogP contribution in [0.25, 0.3) is 0 Å². The van der Waals surface area contributed by atoms with E-state index >= 15 is 0 Å². The molecule has 0 radical (unpaired) electrons. The highest BCUT2D eigenvalue weighted by atomic mass is 16.5. The molecule has 2 atom stereocenters. The molecule has 118 valence electrons. The fourth-order valence-corrected chi connectivity index (χ4v) is 4.01. The molecule has 1 aromatic carbocycles. The first-order valence-electron chi connectivity index (χ1n) is 7.75. The standard InChI is InChI=1S/C16H21N3O3/c1-21-11-7-10(8-12(22-2)16(11)20)14-15-13(17-18-14)9-3-5-19(15)6-4-9/h7-9,14-15,18,20H,3-6H2,1-2H3. The van der Waals surface area contributed by atoms with E-state index in [1.807, 2.05) is 12.1 Å². The van der Waals surface area contributed by atoms with Gasteiger partial charge in [0.1, 0.15) is 0 Å². The summed E-state index contributed by atoms with van der Waals surface area (Å²) < 4.78 is 10.6. The zero-order valence-electron chi connectivity index (χ0n) is 12.9. The van der Waals surface area contributed by atoms with Gasteiger partial charge in [0.2, 0.25) is 5.75 Å². The Bertz CT molecular complexity index is 598. The monoisotopic (exact) mass is 303 g/mol. The molecule has 4 heterocycles. The number of nitrogens with one attached hydrogen (secondary N) is 1. The first-order chi connectivity index (χ1) is 10.7. The van der Waals surface area contributed by atoms with Gasteiger partial charge in [0.25, 0.3) is 0 Å². The molecule has 2 unspecified atom stereocenters. The van der Waals surface area contributed by atoms with Crippen LogP contribution in [0.4, 0.5) is 0 Å². The number of piperidine rings is 3. The first-order valence-corrected chi connectivity index (χ1v) is 7.75. The molecule has 2 N–H and O–H groups in total. The summed E-state index contributed by atoms with van der Waals surface area (Å²) in [5, 5.41) is 14.7. The van der Waals surface area contributed by atoms with Crippen molar-refractivity contribution in [3.05, 3.63) is 17.7 Å². The van der Waals surface area contributed by atoms with Crippen LogP contribution in [0.5, 0.6) is 17.2 Å². The summed E-state index contributed by atoms with van der Waals surface area (Å²) in [7, 11) is 3.10. The van der Waals surface area contributed by atoms with Crippen LogP contribution in [0.15, 0.2) is 17.2 Å². The van der Waals surface area contributed by atoms with Gasteiger partial charge in [-0.05, 0) is 43.6 Å². The second-order valence-electron chi connectivity index (χ2n) is 6.17. The Morgan fingerprint density at radius 1 is 1.18 bits per heavy atom. The molecule has 2 bridgehead atoms. The summed E-state index contributed by atoms with van der Waals surface area (Å²) in [4.78, 5) is 2.51. The minimum absolute atomic E-state index is 0.0401. The molecule has 6 nitrogen and oxygen atoms in total. The fourth-order valence-electron chi connectivity index (χ4n) is 4.01. The molecule has 3 fully saturated rings. The number of hydrogen-bond donors (Lipinski definition) is 2. The molecule has 22 heavy (non-hydrogen) atoms. The quantitative estimate of drug-likeness (QED) is 0.886. The second-order valence-corrected chi connectivity index (χ2v) is 6.17. The lowest BCUT2D eigenvalue weighted by Gasteiger charge is -2.45. The predicted octanol–water partition coefficient (Wildman–Crippen LogP) is 1.50. The lowest BCUT2D eigenvalue weighted by molar-refractivity contribution is 0.133. The summed E-state index contributed by atoms with van der Waals surface area (Å²) in [5.41, 5.74) is 5.61. The first kappa shape index (κ1) is 13.7. The predicted molar refractivity (Wildman–Crippen MR) is 82.6 cm³/mol.